The predicted octanol–water partition coefficient (Wildman–Crippen LogP) is 4.40. The van der Waals surface area contributed by atoms with Crippen molar-refractivity contribution in [3.63, 3.8) is 0 Å². The number of nitrogens with zero attached hydrogens (tertiary/aromatic N) is 2. The van der Waals surface area contributed by atoms with Crippen LogP contribution in [-0.2, 0) is 17.3 Å². The highest BCUT2D eigenvalue weighted by Gasteiger charge is 2.27. The lowest BCUT2D eigenvalue weighted by atomic mass is 9.77. The summed E-state index contributed by atoms with van der Waals surface area (Å²) in [6, 6.07) is 14.8. The van der Waals surface area contributed by atoms with Crippen molar-refractivity contribution in [3.8, 4) is 6.07 Å². The first-order chi connectivity index (χ1) is 9.85. The minimum absolute atomic E-state index is 0.130. The predicted molar refractivity (Wildman–Crippen MR) is 86.0 cm³/mol. The van der Waals surface area contributed by atoms with Crippen LogP contribution in [0.1, 0.15) is 44.4 Å². The van der Waals surface area contributed by atoms with Gasteiger partial charge in [0.1, 0.15) is 0 Å². The zero-order chi connectivity index (χ0) is 15.5. The molecule has 0 bridgehead atoms. The molecule has 2 nitrogen and oxygen atoms in total. The summed E-state index contributed by atoms with van der Waals surface area (Å²) >= 11 is 0. The van der Waals surface area contributed by atoms with Gasteiger partial charge in [0.15, 0.2) is 0 Å². The fraction of sp³-hybridized carbons (Fsp3) is 0.368. The van der Waals surface area contributed by atoms with E-state index in [4.69, 9.17) is 0 Å². The maximum Gasteiger partial charge on any atom is 0.0835 e. The summed E-state index contributed by atoms with van der Waals surface area (Å²) in [4.78, 5) is 4.13. The van der Waals surface area contributed by atoms with Crippen LogP contribution < -0.4 is 0 Å². The summed E-state index contributed by atoms with van der Waals surface area (Å²) in [5, 5.41) is 9.66. The molecule has 1 atom stereocenters. The van der Waals surface area contributed by atoms with Crippen LogP contribution >= 0.6 is 0 Å². The lowest BCUT2D eigenvalue weighted by Gasteiger charge is -2.24. The summed E-state index contributed by atoms with van der Waals surface area (Å²) in [7, 11) is 0. The first-order valence-corrected chi connectivity index (χ1v) is 7.26. The second-order valence-corrected chi connectivity index (χ2v) is 6.81. The highest BCUT2D eigenvalue weighted by Crippen LogP contribution is 2.30. The smallest absolute Gasteiger partial charge is 0.0835 e. The third-order valence-electron chi connectivity index (χ3n) is 3.92. The van der Waals surface area contributed by atoms with E-state index >= 15 is 0 Å². The molecule has 2 aromatic rings. The Hall–Kier alpha value is -2.14. The Bertz CT molecular complexity index is 630. The van der Waals surface area contributed by atoms with E-state index in [1.807, 2.05) is 25.3 Å². The lowest BCUT2D eigenvalue weighted by Crippen LogP contribution is -2.23. The molecular formula is C19H22N2. The number of pyridine rings is 1. The first kappa shape index (κ1) is 15.3. The van der Waals surface area contributed by atoms with Gasteiger partial charge in [0.05, 0.1) is 11.5 Å². The maximum absolute atomic E-state index is 9.66. The maximum atomic E-state index is 9.66. The lowest BCUT2D eigenvalue weighted by molar-refractivity contribution is 0.583. The molecule has 108 valence electrons. The summed E-state index contributed by atoms with van der Waals surface area (Å²) in [6.07, 6.45) is 4.26. The number of aromatic nitrogens is 1. The van der Waals surface area contributed by atoms with E-state index in [9.17, 15) is 5.26 Å². The Morgan fingerprint density at radius 3 is 2.10 bits per heavy atom. The Kier molecular flexibility index (Phi) is 4.14. The molecule has 1 aromatic carbocycles. The molecule has 0 aliphatic rings. The minimum atomic E-state index is -0.528. The summed E-state index contributed by atoms with van der Waals surface area (Å²) < 4.78 is 0. The largest absolute Gasteiger partial charge is 0.264 e. The summed E-state index contributed by atoms with van der Waals surface area (Å²) in [6.45, 7) is 8.58. The van der Waals surface area contributed by atoms with E-state index in [1.165, 1.54) is 5.56 Å². The van der Waals surface area contributed by atoms with Gasteiger partial charge in [0, 0.05) is 12.4 Å². The Balaban J connectivity index is 2.31. The number of hydrogen-bond donors (Lipinski definition) is 0. The topological polar surface area (TPSA) is 36.7 Å². The molecule has 1 aromatic heterocycles. The molecule has 0 radical (unpaired) electrons. The highest BCUT2D eigenvalue weighted by atomic mass is 14.6. The molecule has 0 aliphatic heterocycles. The fourth-order valence-corrected chi connectivity index (χ4v) is 2.46. The van der Waals surface area contributed by atoms with Crippen LogP contribution in [0.5, 0.6) is 0 Å². The summed E-state index contributed by atoms with van der Waals surface area (Å²) in [5.41, 5.74) is 3.03. The average molecular weight is 278 g/mol. The SMILES string of the molecule is CC(C)(C)c1ccc(C(C)(C#N)Cc2cccnc2)cc1. The third-order valence-corrected chi connectivity index (χ3v) is 3.92. The second-order valence-electron chi connectivity index (χ2n) is 6.81. The molecule has 0 aliphatic carbocycles. The van der Waals surface area contributed by atoms with Crippen molar-refractivity contribution in [2.45, 2.75) is 44.9 Å². The van der Waals surface area contributed by atoms with Crippen molar-refractivity contribution in [3.05, 3.63) is 65.5 Å². The van der Waals surface area contributed by atoms with Crippen LogP contribution in [0.25, 0.3) is 0 Å². The van der Waals surface area contributed by atoms with Crippen molar-refractivity contribution in [1.82, 2.24) is 4.98 Å². The molecular weight excluding hydrogens is 256 g/mol. The third kappa shape index (κ3) is 3.49. The van der Waals surface area contributed by atoms with E-state index in [0.29, 0.717) is 6.42 Å². The molecule has 0 amide bonds. The number of benzene rings is 1. The normalized spacial score (nSPS) is 14.2. The molecule has 1 heterocycles. The minimum Gasteiger partial charge on any atom is -0.264 e. The molecule has 0 fully saturated rings. The fourth-order valence-electron chi connectivity index (χ4n) is 2.46. The monoisotopic (exact) mass is 278 g/mol. The van der Waals surface area contributed by atoms with E-state index < -0.39 is 5.41 Å². The van der Waals surface area contributed by atoms with Crippen molar-refractivity contribution in [1.29, 1.82) is 5.26 Å². The summed E-state index contributed by atoms with van der Waals surface area (Å²) in [5.74, 6) is 0. The van der Waals surface area contributed by atoms with Crippen molar-refractivity contribution < 1.29 is 0 Å². The van der Waals surface area contributed by atoms with Gasteiger partial charge in [-0.05, 0) is 41.5 Å². The van der Waals surface area contributed by atoms with Crippen molar-refractivity contribution >= 4 is 0 Å². The van der Waals surface area contributed by atoms with Gasteiger partial charge in [0.25, 0.3) is 0 Å². The van der Waals surface area contributed by atoms with Crippen LogP contribution in [0.2, 0.25) is 0 Å². The molecule has 21 heavy (non-hydrogen) atoms. The van der Waals surface area contributed by atoms with Crippen LogP contribution in [0.4, 0.5) is 0 Å². The molecule has 0 saturated carbocycles. The second kappa shape index (κ2) is 5.69. The molecule has 2 heteroatoms. The standard InChI is InChI=1S/C19H22N2/c1-18(2,3)16-7-9-17(10-8-16)19(4,14-20)12-15-6-5-11-21-13-15/h5-11,13H,12H2,1-4H3. The van der Waals surface area contributed by atoms with Crippen LogP contribution in [0.3, 0.4) is 0 Å². The van der Waals surface area contributed by atoms with Gasteiger partial charge in [-0.25, -0.2) is 0 Å². The quantitative estimate of drug-likeness (QED) is 0.834. The van der Waals surface area contributed by atoms with Crippen LogP contribution in [-0.4, -0.2) is 4.98 Å². The van der Waals surface area contributed by atoms with Gasteiger partial charge in [0.2, 0.25) is 0 Å². The van der Waals surface area contributed by atoms with Crippen LogP contribution in [0, 0.1) is 11.3 Å². The van der Waals surface area contributed by atoms with E-state index in [-0.39, 0.29) is 5.41 Å². The van der Waals surface area contributed by atoms with E-state index in [0.717, 1.165) is 11.1 Å². The van der Waals surface area contributed by atoms with Crippen molar-refractivity contribution in [2.24, 2.45) is 0 Å². The van der Waals surface area contributed by atoms with Gasteiger partial charge in [-0.15, -0.1) is 0 Å². The number of nitriles is 1. The molecule has 1 unspecified atom stereocenters. The Morgan fingerprint density at radius 1 is 1.00 bits per heavy atom. The zero-order valence-electron chi connectivity index (χ0n) is 13.2. The van der Waals surface area contributed by atoms with Gasteiger partial charge < -0.3 is 0 Å². The highest BCUT2D eigenvalue weighted by molar-refractivity contribution is 5.37. The molecule has 0 saturated heterocycles. The Labute approximate surface area is 127 Å². The average Bonchev–Trinajstić information content (AvgIpc) is 2.47. The van der Waals surface area contributed by atoms with Gasteiger partial charge in [-0.3, -0.25) is 4.98 Å². The zero-order valence-corrected chi connectivity index (χ0v) is 13.2. The van der Waals surface area contributed by atoms with Gasteiger partial charge >= 0.3 is 0 Å². The molecule has 2 rings (SSSR count). The number of rotatable bonds is 3. The number of hydrogen-bond acceptors (Lipinski definition) is 2. The van der Waals surface area contributed by atoms with Crippen molar-refractivity contribution in [2.75, 3.05) is 0 Å². The van der Waals surface area contributed by atoms with E-state index in [2.05, 4.69) is 56.1 Å². The van der Waals surface area contributed by atoms with E-state index in [1.54, 1.807) is 6.20 Å². The Morgan fingerprint density at radius 2 is 1.62 bits per heavy atom. The van der Waals surface area contributed by atoms with Gasteiger partial charge in [-0.1, -0.05) is 51.1 Å². The molecule has 0 spiro atoms. The molecule has 0 N–H and O–H groups in total. The van der Waals surface area contributed by atoms with Gasteiger partial charge in [-0.2, -0.15) is 5.26 Å². The first-order valence-electron chi connectivity index (χ1n) is 7.26. The van der Waals surface area contributed by atoms with Crippen LogP contribution in [0.15, 0.2) is 48.8 Å².